The van der Waals surface area contributed by atoms with E-state index in [1.54, 1.807) is 24.7 Å². The third-order valence-corrected chi connectivity index (χ3v) is 3.06. The summed E-state index contributed by atoms with van der Waals surface area (Å²) in [7, 11) is 0. The first-order valence-electron chi connectivity index (χ1n) is 6.44. The van der Waals surface area contributed by atoms with E-state index in [9.17, 15) is 5.11 Å². The van der Waals surface area contributed by atoms with Gasteiger partial charge in [0.15, 0.2) is 0 Å². The Morgan fingerprint density at radius 3 is 2.58 bits per heavy atom. The van der Waals surface area contributed by atoms with Crippen molar-refractivity contribution in [3.63, 3.8) is 0 Å². The maximum absolute atomic E-state index is 10.1. The van der Waals surface area contributed by atoms with Gasteiger partial charge in [-0.2, -0.15) is 5.10 Å². The van der Waals surface area contributed by atoms with E-state index in [1.807, 2.05) is 38.1 Å². The van der Waals surface area contributed by atoms with Gasteiger partial charge in [0.05, 0.1) is 18.4 Å². The highest BCUT2D eigenvalue weighted by atomic mass is 16.5. The molecule has 0 saturated heterocycles. The first-order chi connectivity index (χ1) is 8.95. The van der Waals surface area contributed by atoms with E-state index in [-0.39, 0.29) is 0 Å². The van der Waals surface area contributed by atoms with Crippen LogP contribution >= 0.6 is 0 Å². The van der Waals surface area contributed by atoms with Crippen molar-refractivity contribution in [2.45, 2.75) is 33.3 Å². The minimum absolute atomic E-state index is 0.607. The summed E-state index contributed by atoms with van der Waals surface area (Å²) in [5.41, 5.74) is 1.72. The number of rotatable bonds is 4. The van der Waals surface area contributed by atoms with Crippen LogP contribution in [0, 0.1) is 6.92 Å². The van der Waals surface area contributed by atoms with Gasteiger partial charge in [-0.05, 0) is 39.8 Å². The second-order valence-electron chi connectivity index (χ2n) is 5.02. The van der Waals surface area contributed by atoms with Crippen molar-refractivity contribution in [2.24, 2.45) is 0 Å². The van der Waals surface area contributed by atoms with Crippen LogP contribution in [0.4, 0.5) is 0 Å². The highest BCUT2D eigenvalue weighted by Gasteiger charge is 2.23. The zero-order valence-electron chi connectivity index (χ0n) is 11.8. The number of aromatic nitrogens is 2. The van der Waals surface area contributed by atoms with Gasteiger partial charge in [-0.25, -0.2) is 4.68 Å². The zero-order valence-corrected chi connectivity index (χ0v) is 11.8. The molecule has 102 valence electrons. The molecule has 0 amide bonds. The molecule has 0 spiro atoms. The fourth-order valence-corrected chi connectivity index (χ4v) is 2.16. The average molecular weight is 260 g/mol. The average Bonchev–Trinajstić information content (AvgIpc) is 2.72. The molecular weight excluding hydrogens is 240 g/mol. The molecule has 4 heteroatoms. The van der Waals surface area contributed by atoms with Crippen molar-refractivity contribution in [1.29, 1.82) is 0 Å². The van der Waals surface area contributed by atoms with E-state index in [0.29, 0.717) is 6.61 Å². The number of benzene rings is 1. The van der Waals surface area contributed by atoms with Crippen LogP contribution in [0.5, 0.6) is 5.75 Å². The van der Waals surface area contributed by atoms with Gasteiger partial charge in [-0.1, -0.05) is 12.1 Å². The lowest BCUT2D eigenvalue weighted by atomic mass is 10.00. The van der Waals surface area contributed by atoms with Crippen molar-refractivity contribution in [3.8, 4) is 11.4 Å². The van der Waals surface area contributed by atoms with Crippen LogP contribution in [0.1, 0.15) is 32.0 Å². The van der Waals surface area contributed by atoms with Crippen molar-refractivity contribution in [1.82, 2.24) is 9.78 Å². The Labute approximate surface area is 113 Å². The van der Waals surface area contributed by atoms with E-state index < -0.39 is 5.60 Å². The molecule has 1 aromatic heterocycles. The Bertz CT molecular complexity index is 568. The van der Waals surface area contributed by atoms with Crippen LogP contribution in [0.2, 0.25) is 0 Å². The van der Waals surface area contributed by atoms with Gasteiger partial charge in [0, 0.05) is 11.3 Å². The fraction of sp³-hybridized carbons (Fsp3) is 0.400. The van der Waals surface area contributed by atoms with Gasteiger partial charge in [0.25, 0.3) is 0 Å². The van der Waals surface area contributed by atoms with E-state index >= 15 is 0 Å². The summed E-state index contributed by atoms with van der Waals surface area (Å²) in [4.78, 5) is 0. The summed E-state index contributed by atoms with van der Waals surface area (Å²) in [6.45, 7) is 8.03. The molecule has 0 unspecified atom stereocenters. The molecule has 2 aromatic rings. The van der Waals surface area contributed by atoms with Crippen LogP contribution in [0.3, 0.4) is 0 Å². The predicted molar refractivity (Wildman–Crippen MR) is 74.7 cm³/mol. The number of para-hydroxylation sites is 2. The largest absolute Gasteiger partial charge is 0.492 e. The van der Waals surface area contributed by atoms with Gasteiger partial charge in [0.1, 0.15) is 11.4 Å². The van der Waals surface area contributed by atoms with Crippen LogP contribution in [0.15, 0.2) is 30.5 Å². The first-order valence-corrected chi connectivity index (χ1v) is 6.44. The molecule has 2 rings (SSSR count). The topological polar surface area (TPSA) is 47.3 Å². The van der Waals surface area contributed by atoms with Crippen molar-refractivity contribution < 1.29 is 9.84 Å². The summed E-state index contributed by atoms with van der Waals surface area (Å²) in [5, 5.41) is 14.5. The lowest BCUT2D eigenvalue weighted by Gasteiger charge is -2.17. The Morgan fingerprint density at radius 1 is 1.32 bits per heavy atom. The smallest absolute Gasteiger partial charge is 0.144 e. The number of hydrogen-bond acceptors (Lipinski definition) is 3. The Hall–Kier alpha value is -1.81. The molecule has 1 heterocycles. The molecule has 0 fully saturated rings. The highest BCUT2D eigenvalue weighted by Crippen LogP contribution is 2.28. The summed E-state index contributed by atoms with van der Waals surface area (Å²) in [5.74, 6) is 0.790. The quantitative estimate of drug-likeness (QED) is 0.919. The molecule has 19 heavy (non-hydrogen) atoms. The molecular formula is C15H20N2O2. The molecule has 0 aliphatic carbocycles. The number of aliphatic hydroxyl groups is 1. The molecule has 0 bridgehead atoms. The highest BCUT2D eigenvalue weighted by molar-refractivity contribution is 5.47. The normalized spacial score (nSPS) is 11.6. The Balaban J connectivity index is 2.52. The van der Waals surface area contributed by atoms with Crippen molar-refractivity contribution >= 4 is 0 Å². The molecule has 4 nitrogen and oxygen atoms in total. The second kappa shape index (κ2) is 5.05. The maximum Gasteiger partial charge on any atom is 0.144 e. The van der Waals surface area contributed by atoms with Gasteiger partial charge in [-0.3, -0.25) is 0 Å². The predicted octanol–water partition coefficient (Wildman–Crippen LogP) is 2.81. The molecule has 1 N–H and O–H groups in total. The van der Waals surface area contributed by atoms with Gasteiger partial charge in [0.2, 0.25) is 0 Å². The molecule has 0 aliphatic rings. The number of hydrogen-bond donors (Lipinski definition) is 1. The fourth-order valence-electron chi connectivity index (χ4n) is 2.16. The van der Waals surface area contributed by atoms with Crippen molar-refractivity contribution in [2.75, 3.05) is 6.61 Å². The SMILES string of the molecule is CCOc1ccccc1-n1ncc(C(C)(C)O)c1C. The molecule has 1 aromatic carbocycles. The molecule has 0 radical (unpaired) electrons. The van der Waals surface area contributed by atoms with Gasteiger partial charge in [-0.15, -0.1) is 0 Å². The zero-order chi connectivity index (χ0) is 14.0. The Morgan fingerprint density at radius 2 is 2.00 bits per heavy atom. The lowest BCUT2D eigenvalue weighted by Crippen LogP contribution is -2.16. The lowest BCUT2D eigenvalue weighted by molar-refractivity contribution is 0.0779. The first kappa shape index (κ1) is 13.6. The number of nitrogens with zero attached hydrogens (tertiary/aromatic N) is 2. The van der Waals surface area contributed by atoms with Crippen LogP contribution < -0.4 is 4.74 Å². The monoisotopic (exact) mass is 260 g/mol. The molecule has 0 atom stereocenters. The second-order valence-corrected chi connectivity index (χ2v) is 5.02. The molecule has 0 aliphatic heterocycles. The minimum atomic E-state index is -0.900. The van der Waals surface area contributed by atoms with E-state index in [1.165, 1.54) is 0 Å². The van der Waals surface area contributed by atoms with Crippen molar-refractivity contribution in [3.05, 3.63) is 41.7 Å². The van der Waals surface area contributed by atoms with Gasteiger partial charge >= 0.3 is 0 Å². The third-order valence-electron chi connectivity index (χ3n) is 3.06. The van der Waals surface area contributed by atoms with Crippen LogP contribution in [-0.2, 0) is 5.60 Å². The van der Waals surface area contributed by atoms with E-state index in [0.717, 1.165) is 22.7 Å². The van der Waals surface area contributed by atoms with E-state index in [2.05, 4.69) is 5.10 Å². The van der Waals surface area contributed by atoms with Crippen LogP contribution in [0.25, 0.3) is 5.69 Å². The number of ether oxygens (including phenoxy) is 1. The standard InChI is InChI=1S/C15H20N2O2/c1-5-19-14-9-7-6-8-13(14)17-11(2)12(10-16-17)15(3,4)18/h6-10,18H,5H2,1-4H3. The summed E-state index contributed by atoms with van der Waals surface area (Å²) in [6.07, 6.45) is 1.71. The summed E-state index contributed by atoms with van der Waals surface area (Å²) in [6, 6.07) is 7.76. The third kappa shape index (κ3) is 2.63. The molecule has 0 saturated carbocycles. The minimum Gasteiger partial charge on any atom is -0.492 e. The summed E-state index contributed by atoms with van der Waals surface area (Å²) < 4.78 is 7.42. The Kier molecular flexibility index (Phi) is 3.62. The van der Waals surface area contributed by atoms with Crippen LogP contribution in [-0.4, -0.2) is 21.5 Å². The van der Waals surface area contributed by atoms with E-state index in [4.69, 9.17) is 4.74 Å². The summed E-state index contributed by atoms with van der Waals surface area (Å²) >= 11 is 0. The maximum atomic E-state index is 10.1. The van der Waals surface area contributed by atoms with Gasteiger partial charge < -0.3 is 9.84 Å².